The standard InChI is InChI=1S/C12H14N2O5/c1-8-4-2-5-9(14(18)19)11(8)12(17)13-7-3-6-10(15)16/h2,4-5H,3,6-7H2,1H3,(H,13,17)(H,15,16). The third-order valence-electron chi connectivity index (χ3n) is 2.53. The van der Waals surface area contributed by atoms with Gasteiger partial charge in [-0.2, -0.15) is 0 Å². The number of carbonyl (C=O) groups is 2. The number of nitro benzene ring substituents is 1. The molecule has 1 aromatic carbocycles. The van der Waals surface area contributed by atoms with Gasteiger partial charge < -0.3 is 10.4 Å². The van der Waals surface area contributed by atoms with Crippen molar-refractivity contribution in [2.24, 2.45) is 0 Å². The van der Waals surface area contributed by atoms with E-state index < -0.39 is 16.8 Å². The highest BCUT2D eigenvalue weighted by Crippen LogP contribution is 2.21. The van der Waals surface area contributed by atoms with Crippen LogP contribution >= 0.6 is 0 Å². The molecule has 0 aliphatic carbocycles. The van der Waals surface area contributed by atoms with Crippen molar-refractivity contribution in [3.8, 4) is 0 Å². The third-order valence-corrected chi connectivity index (χ3v) is 2.53. The molecule has 0 atom stereocenters. The van der Waals surface area contributed by atoms with E-state index in [0.717, 1.165) is 0 Å². The van der Waals surface area contributed by atoms with Crippen LogP contribution in [0.5, 0.6) is 0 Å². The summed E-state index contributed by atoms with van der Waals surface area (Å²) in [5.41, 5.74) is 0.267. The number of carbonyl (C=O) groups excluding carboxylic acids is 1. The summed E-state index contributed by atoms with van der Waals surface area (Å²) < 4.78 is 0. The van der Waals surface area contributed by atoms with Crippen LogP contribution in [0, 0.1) is 17.0 Å². The minimum absolute atomic E-state index is 0.0165. The number of benzene rings is 1. The summed E-state index contributed by atoms with van der Waals surface area (Å²) in [4.78, 5) is 32.4. The predicted octanol–water partition coefficient (Wildman–Crippen LogP) is 1.50. The number of carboxylic acids is 1. The number of nitrogens with zero attached hydrogens (tertiary/aromatic N) is 1. The molecule has 0 aliphatic rings. The molecule has 0 saturated heterocycles. The molecule has 2 N–H and O–H groups in total. The quantitative estimate of drug-likeness (QED) is 0.460. The molecule has 0 aliphatic heterocycles. The van der Waals surface area contributed by atoms with Gasteiger partial charge in [0.1, 0.15) is 5.56 Å². The lowest BCUT2D eigenvalue weighted by Crippen LogP contribution is -2.26. The second-order valence-corrected chi connectivity index (χ2v) is 3.98. The predicted molar refractivity (Wildman–Crippen MR) is 67.0 cm³/mol. The minimum atomic E-state index is -0.948. The molecule has 1 aromatic rings. The van der Waals surface area contributed by atoms with E-state index in [4.69, 9.17) is 5.11 Å². The van der Waals surface area contributed by atoms with Gasteiger partial charge in [-0.15, -0.1) is 0 Å². The number of nitro groups is 1. The molecule has 1 amide bonds. The minimum Gasteiger partial charge on any atom is -0.481 e. The first-order chi connectivity index (χ1) is 8.93. The topological polar surface area (TPSA) is 110 Å². The Labute approximate surface area is 109 Å². The van der Waals surface area contributed by atoms with Gasteiger partial charge in [-0.05, 0) is 18.9 Å². The van der Waals surface area contributed by atoms with Crippen molar-refractivity contribution in [1.29, 1.82) is 0 Å². The zero-order valence-corrected chi connectivity index (χ0v) is 10.4. The molecular formula is C12H14N2O5. The molecule has 0 spiro atoms. The van der Waals surface area contributed by atoms with E-state index >= 15 is 0 Å². The number of carboxylic acid groups (broad SMARTS) is 1. The van der Waals surface area contributed by atoms with Gasteiger partial charge in [0.25, 0.3) is 11.6 Å². The van der Waals surface area contributed by atoms with Crippen LogP contribution in [-0.2, 0) is 4.79 Å². The number of aryl methyl sites for hydroxylation is 1. The van der Waals surface area contributed by atoms with E-state index in [-0.39, 0.29) is 30.6 Å². The number of rotatable bonds is 6. The largest absolute Gasteiger partial charge is 0.481 e. The first-order valence-electron chi connectivity index (χ1n) is 5.67. The van der Waals surface area contributed by atoms with Crippen molar-refractivity contribution in [2.45, 2.75) is 19.8 Å². The van der Waals surface area contributed by atoms with Crippen LogP contribution in [0.25, 0.3) is 0 Å². The molecule has 0 unspecified atom stereocenters. The average Bonchev–Trinajstić information content (AvgIpc) is 2.33. The van der Waals surface area contributed by atoms with E-state index in [2.05, 4.69) is 5.32 Å². The third kappa shape index (κ3) is 4.06. The fraction of sp³-hybridized carbons (Fsp3) is 0.333. The summed E-state index contributed by atoms with van der Waals surface area (Å²) in [7, 11) is 0. The first-order valence-corrected chi connectivity index (χ1v) is 5.67. The molecule has 0 bridgehead atoms. The van der Waals surface area contributed by atoms with Gasteiger partial charge in [0.15, 0.2) is 0 Å². The van der Waals surface area contributed by atoms with Crippen molar-refractivity contribution >= 4 is 17.6 Å². The second kappa shape index (κ2) is 6.48. The maximum absolute atomic E-state index is 11.9. The lowest BCUT2D eigenvalue weighted by atomic mass is 10.1. The van der Waals surface area contributed by atoms with Crippen molar-refractivity contribution in [3.05, 3.63) is 39.4 Å². The van der Waals surface area contributed by atoms with E-state index in [1.807, 2.05) is 0 Å². The van der Waals surface area contributed by atoms with E-state index in [0.29, 0.717) is 5.56 Å². The van der Waals surface area contributed by atoms with Crippen LogP contribution < -0.4 is 5.32 Å². The van der Waals surface area contributed by atoms with Gasteiger partial charge in [0.2, 0.25) is 0 Å². The summed E-state index contributed by atoms with van der Waals surface area (Å²) in [6.45, 7) is 1.77. The van der Waals surface area contributed by atoms with Gasteiger partial charge in [-0.25, -0.2) is 0 Å². The van der Waals surface area contributed by atoms with E-state index in [9.17, 15) is 19.7 Å². The Balaban J connectivity index is 2.76. The maximum atomic E-state index is 11.9. The lowest BCUT2D eigenvalue weighted by Gasteiger charge is -2.07. The van der Waals surface area contributed by atoms with Crippen LogP contribution in [0.4, 0.5) is 5.69 Å². The average molecular weight is 266 g/mol. The second-order valence-electron chi connectivity index (χ2n) is 3.98. The van der Waals surface area contributed by atoms with Crippen LogP contribution in [0.3, 0.4) is 0 Å². The molecular weight excluding hydrogens is 252 g/mol. The number of hydrogen-bond donors (Lipinski definition) is 2. The number of nitrogens with one attached hydrogen (secondary N) is 1. The summed E-state index contributed by atoms with van der Waals surface area (Å²) >= 11 is 0. The molecule has 0 saturated carbocycles. The number of aliphatic carboxylic acids is 1. The van der Waals surface area contributed by atoms with Crippen LogP contribution in [0.2, 0.25) is 0 Å². The molecule has 0 aromatic heterocycles. The first kappa shape index (κ1) is 14.6. The fourth-order valence-electron chi connectivity index (χ4n) is 1.63. The normalized spacial score (nSPS) is 9.95. The Morgan fingerprint density at radius 2 is 2.11 bits per heavy atom. The van der Waals surface area contributed by atoms with Crippen molar-refractivity contribution in [2.75, 3.05) is 6.54 Å². The number of amides is 1. The Morgan fingerprint density at radius 1 is 1.42 bits per heavy atom. The highest BCUT2D eigenvalue weighted by atomic mass is 16.6. The summed E-state index contributed by atoms with van der Waals surface area (Å²) in [6.07, 6.45) is 0.219. The van der Waals surface area contributed by atoms with Crippen molar-refractivity contribution in [3.63, 3.8) is 0 Å². The Morgan fingerprint density at radius 3 is 2.68 bits per heavy atom. The van der Waals surface area contributed by atoms with Crippen LogP contribution in [0.1, 0.15) is 28.8 Å². The van der Waals surface area contributed by atoms with Gasteiger partial charge in [0.05, 0.1) is 4.92 Å². The molecule has 0 fully saturated rings. The molecule has 0 radical (unpaired) electrons. The Kier molecular flexibility index (Phi) is 4.99. The Bertz CT molecular complexity index is 513. The van der Waals surface area contributed by atoms with Gasteiger partial charge in [-0.3, -0.25) is 19.7 Å². The molecule has 19 heavy (non-hydrogen) atoms. The molecule has 7 heteroatoms. The van der Waals surface area contributed by atoms with Gasteiger partial charge >= 0.3 is 5.97 Å². The SMILES string of the molecule is Cc1cccc([N+](=O)[O-])c1C(=O)NCCCC(=O)O. The highest BCUT2D eigenvalue weighted by Gasteiger charge is 2.21. The lowest BCUT2D eigenvalue weighted by molar-refractivity contribution is -0.385. The van der Waals surface area contributed by atoms with E-state index in [1.54, 1.807) is 13.0 Å². The zero-order valence-electron chi connectivity index (χ0n) is 10.4. The van der Waals surface area contributed by atoms with Crippen LogP contribution in [0.15, 0.2) is 18.2 Å². The monoisotopic (exact) mass is 266 g/mol. The maximum Gasteiger partial charge on any atom is 0.303 e. The number of hydrogen-bond acceptors (Lipinski definition) is 4. The molecule has 7 nitrogen and oxygen atoms in total. The highest BCUT2D eigenvalue weighted by molar-refractivity contribution is 5.99. The fourth-order valence-corrected chi connectivity index (χ4v) is 1.63. The Hall–Kier alpha value is -2.44. The van der Waals surface area contributed by atoms with Crippen molar-refractivity contribution in [1.82, 2.24) is 5.32 Å². The van der Waals surface area contributed by atoms with Gasteiger partial charge in [-0.1, -0.05) is 12.1 Å². The van der Waals surface area contributed by atoms with E-state index in [1.165, 1.54) is 12.1 Å². The molecule has 102 valence electrons. The summed E-state index contributed by atoms with van der Waals surface area (Å²) in [5, 5.41) is 21.8. The van der Waals surface area contributed by atoms with Crippen LogP contribution in [-0.4, -0.2) is 28.5 Å². The molecule has 1 rings (SSSR count). The van der Waals surface area contributed by atoms with Gasteiger partial charge in [0, 0.05) is 19.0 Å². The van der Waals surface area contributed by atoms with Crippen molar-refractivity contribution < 1.29 is 19.6 Å². The smallest absolute Gasteiger partial charge is 0.303 e. The zero-order chi connectivity index (χ0) is 14.4. The summed E-state index contributed by atoms with van der Waals surface area (Å²) in [5.74, 6) is -1.51. The molecule has 0 heterocycles. The summed E-state index contributed by atoms with van der Waals surface area (Å²) in [6, 6.07) is 4.38.